The summed E-state index contributed by atoms with van der Waals surface area (Å²) in [4.78, 5) is 8.86. The van der Waals surface area contributed by atoms with Crippen molar-refractivity contribution in [3.05, 3.63) is 35.7 Å². The van der Waals surface area contributed by atoms with E-state index < -0.39 is 10.0 Å². The zero-order chi connectivity index (χ0) is 15.9. The molecule has 0 aliphatic carbocycles. The molecule has 22 heavy (non-hydrogen) atoms. The van der Waals surface area contributed by atoms with Crippen molar-refractivity contribution in [1.82, 2.24) is 24.1 Å². The smallest absolute Gasteiger partial charge is 0.247 e. The Hall–Kier alpha value is -1.80. The Labute approximate surface area is 130 Å². The van der Waals surface area contributed by atoms with E-state index in [2.05, 4.69) is 15.1 Å². The van der Waals surface area contributed by atoms with Crippen molar-refractivity contribution in [3.8, 4) is 0 Å². The van der Waals surface area contributed by atoms with Crippen LogP contribution in [-0.4, -0.2) is 39.0 Å². The first-order chi connectivity index (χ1) is 10.4. The van der Waals surface area contributed by atoms with Crippen LogP contribution >= 0.6 is 0 Å². The molecule has 1 atom stereocenters. The Bertz CT molecular complexity index is 799. The largest absolute Gasteiger partial charge is 0.274 e. The number of sulfonamides is 1. The Morgan fingerprint density at radius 1 is 1.27 bits per heavy atom. The van der Waals surface area contributed by atoms with Gasteiger partial charge in [-0.25, -0.2) is 8.42 Å². The Morgan fingerprint density at radius 3 is 2.68 bits per heavy atom. The van der Waals surface area contributed by atoms with E-state index in [0.717, 1.165) is 18.5 Å². The van der Waals surface area contributed by atoms with Crippen LogP contribution in [0.25, 0.3) is 0 Å². The minimum Gasteiger partial charge on any atom is -0.274 e. The van der Waals surface area contributed by atoms with Gasteiger partial charge in [0.05, 0.1) is 29.3 Å². The minimum absolute atomic E-state index is 0.253. The molecule has 118 valence electrons. The third-order valence-corrected chi connectivity index (χ3v) is 5.88. The first kappa shape index (κ1) is 15.1. The van der Waals surface area contributed by atoms with E-state index in [1.54, 1.807) is 32.6 Å². The van der Waals surface area contributed by atoms with Gasteiger partial charge >= 0.3 is 0 Å². The van der Waals surface area contributed by atoms with Crippen molar-refractivity contribution < 1.29 is 8.42 Å². The fraction of sp³-hybridized carbons (Fsp3) is 0.500. The van der Waals surface area contributed by atoms with Gasteiger partial charge in [-0.1, -0.05) is 0 Å². The molecular formula is C14H19N5O2S. The van der Waals surface area contributed by atoms with E-state index >= 15 is 0 Å². The third-order valence-electron chi connectivity index (χ3n) is 3.87. The van der Waals surface area contributed by atoms with Gasteiger partial charge in [-0.3, -0.25) is 14.6 Å². The number of hydrogen-bond acceptors (Lipinski definition) is 5. The molecular weight excluding hydrogens is 302 g/mol. The molecule has 0 aromatic carbocycles. The topological polar surface area (TPSA) is 81.0 Å². The summed E-state index contributed by atoms with van der Waals surface area (Å²) >= 11 is 0. The highest BCUT2D eigenvalue weighted by Crippen LogP contribution is 2.36. The molecule has 3 heterocycles. The molecule has 0 spiro atoms. The van der Waals surface area contributed by atoms with E-state index in [0.29, 0.717) is 17.9 Å². The average molecular weight is 321 g/mol. The molecule has 7 nitrogen and oxygen atoms in total. The van der Waals surface area contributed by atoms with Crippen molar-refractivity contribution in [1.29, 1.82) is 0 Å². The number of aryl methyl sites for hydroxylation is 3. The summed E-state index contributed by atoms with van der Waals surface area (Å²) in [5, 5.41) is 4.14. The molecule has 0 bridgehead atoms. The molecule has 1 saturated heterocycles. The first-order valence-electron chi connectivity index (χ1n) is 7.20. The molecule has 0 saturated carbocycles. The van der Waals surface area contributed by atoms with Gasteiger partial charge in [-0.2, -0.15) is 9.40 Å². The van der Waals surface area contributed by atoms with E-state index in [1.807, 2.05) is 6.92 Å². The summed E-state index contributed by atoms with van der Waals surface area (Å²) in [5.74, 6) is 0. The van der Waals surface area contributed by atoms with Crippen LogP contribution in [0.15, 0.2) is 23.5 Å². The summed E-state index contributed by atoms with van der Waals surface area (Å²) in [6.45, 7) is 4.07. The van der Waals surface area contributed by atoms with Crippen LogP contribution in [0, 0.1) is 13.8 Å². The van der Waals surface area contributed by atoms with E-state index in [4.69, 9.17) is 0 Å². The molecule has 1 aliphatic heterocycles. The SMILES string of the molecule is Cc1cncc([C@@H]2CCCN2S(=O)(=O)c2cn(C)nc2C)n1. The van der Waals surface area contributed by atoms with E-state index in [-0.39, 0.29) is 10.9 Å². The van der Waals surface area contributed by atoms with E-state index in [1.165, 1.54) is 8.99 Å². The molecule has 2 aromatic heterocycles. The number of rotatable bonds is 3. The standard InChI is InChI=1S/C14H19N5O2S/c1-10-7-15-8-12(16-10)13-5-4-6-19(13)22(20,21)14-9-18(3)17-11(14)2/h7-9,13H,4-6H2,1-3H3/t13-/m0/s1. The lowest BCUT2D eigenvalue weighted by Gasteiger charge is -2.23. The third kappa shape index (κ3) is 2.52. The summed E-state index contributed by atoms with van der Waals surface area (Å²) in [5.41, 5.74) is 2.02. The number of nitrogens with zero attached hydrogens (tertiary/aromatic N) is 5. The number of aromatic nitrogens is 4. The van der Waals surface area contributed by atoms with Crippen LogP contribution in [0.1, 0.15) is 36.0 Å². The Kier molecular flexibility index (Phi) is 3.73. The first-order valence-corrected chi connectivity index (χ1v) is 8.64. The maximum absolute atomic E-state index is 13.0. The maximum atomic E-state index is 13.0. The lowest BCUT2D eigenvalue weighted by Crippen LogP contribution is -2.31. The van der Waals surface area contributed by atoms with Crippen molar-refractivity contribution >= 4 is 10.0 Å². The molecule has 0 amide bonds. The predicted octanol–water partition coefficient (Wildman–Crippen LogP) is 1.35. The quantitative estimate of drug-likeness (QED) is 0.852. The van der Waals surface area contributed by atoms with Crippen LogP contribution in [0.3, 0.4) is 0 Å². The maximum Gasteiger partial charge on any atom is 0.247 e. The normalized spacial score (nSPS) is 19.7. The van der Waals surface area contributed by atoms with Gasteiger partial charge in [-0.05, 0) is 26.7 Å². The molecule has 0 unspecified atom stereocenters. The van der Waals surface area contributed by atoms with Gasteiger partial charge in [0.15, 0.2) is 0 Å². The van der Waals surface area contributed by atoms with Gasteiger partial charge in [-0.15, -0.1) is 0 Å². The summed E-state index contributed by atoms with van der Waals surface area (Å²) < 4.78 is 29.0. The van der Waals surface area contributed by atoms with Gasteiger partial charge in [0, 0.05) is 26.0 Å². The fourth-order valence-electron chi connectivity index (χ4n) is 2.92. The van der Waals surface area contributed by atoms with Crippen molar-refractivity contribution in [2.24, 2.45) is 7.05 Å². The lowest BCUT2D eigenvalue weighted by atomic mass is 10.2. The molecule has 0 radical (unpaired) electrons. The molecule has 0 N–H and O–H groups in total. The van der Waals surface area contributed by atoms with Crippen LogP contribution in [-0.2, 0) is 17.1 Å². The fourth-order valence-corrected chi connectivity index (χ4v) is 4.79. The van der Waals surface area contributed by atoms with Crippen LogP contribution in [0.4, 0.5) is 0 Å². The van der Waals surface area contributed by atoms with Gasteiger partial charge in [0.1, 0.15) is 4.90 Å². The van der Waals surface area contributed by atoms with Crippen molar-refractivity contribution in [3.63, 3.8) is 0 Å². The second kappa shape index (κ2) is 5.44. The predicted molar refractivity (Wildman–Crippen MR) is 80.6 cm³/mol. The average Bonchev–Trinajstić information content (AvgIpc) is 3.06. The zero-order valence-electron chi connectivity index (χ0n) is 12.9. The van der Waals surface area contributed by atoms with Gasteiger partial charge in [0.25, 0.3) is 0 Å². The van der Waals surface area contributed by atoms with Crippen LogP contribution in [0.2, 0.25) is 0 Å². The Morgan fingerprint density at radius 2 is 2.05 bits per heavy atom. The second-order valence-corrected chi connectivity index (χ2v) is 7.47. The molecule has 1 fully saturated rings. The molecule has 1 aliphatic rings. The van der Waals surface area contributed by atoms with Crippen LogP contribution < -0.4 is 0 Å². The number of hydrogen-bond donors (Lipinski definition) is 0. The Balaban J connectivity index is 2.01. The molecule has 3 rings (SSSR count). The van der Waals surface area contributed by atoms with Crippen molar-refractivity contribution in [2.45, 2.75) is 37.6 Å². The van der Waals surface area contributed by atoms with Gasteiger partial charge < -0.3 is 0 Å². The lowest BCUT2D eigenvalue weighted by molar-refractivity contribution is 0.389. The highest BCUT2D eigenvalue weighted by atomic mass is 32.2. The highest BCUT2D eigenvalue weighted by molar-refractivity contribution is 7.89. The van der Waals surface area contributed by atoms with Gasteiger partial charge in [0.2, 0.25) is 10.0 Å². The second-order valence-electron chi connectivity index (χ2n) is 5.61. The van der Waals surface area contributed by atoms with Crippen molar-refractivity contribution in [2.75, 3.05) is 6.54 Å². The monoisotopic (exact) mass is 321 g/mol. The molecule has 2 aromatic rings. The van der Waals surface area contributed by atoms with Crippen LogP contribution in [0.5, 0.6) is 0 Å². The summed E-state index contributed by atoms with van der Waals surface area (Å²) in [6, 6.07) is -0.253. The van der Waals surface area contributed by atoms with E-state index in [9.17, 15) is 8.42 Å². The summed E-state index contributed by atoms with van der Waals surface area (Å²) in [7, 11) is -1.85. The summed E-state index contributed by atoms with van der Waals surface area (Å²) in [6.07, 6.45) is 6.46. The molecule has 8 heteroatoms. The highest BCUT2D eigenvalue weighted by Gasteiger charge is 2.38. The minimum atomic E-state index is -3.58. The zero-order valence-corrected chi connectivity index (χ0v) is 13.7.